The molecule has 0 unspecified atom stereocenters. The lowest BCUT2D eigenvalue weighted by Gasteiger charge is -2.18. The number of nitrogens with zero attached hydrogens (tertiary/aromatic N) is 5. The topological polar surface area (TPSA) is 90.7 Å². The Morgan fingerprint density at radius 3 is 2.91 bits per heavy atom. The minimum atomic E-state index is 0.415. The van der Waals surface area contributed by atoms with Crippen LogP contribution in [0.4, 0.5) is 0 Å². The SMILES string of the molecule is Cc1onc(-c2ccccc2)c1-c1nnc(CSc2ncnc3sc4c(c23)CC[C@H](C)C4)o1. The second-order valence-electron chi connectivity index (χ2n) is 8.33. The van der Waals surface area contributed by atoms with E-state index >= 15 is 0 Å². The summed E-state index contributed by atoms with van der Waals surface area (Å²) in [6, 6.07) is 9.86. The molecule has 7 nitrogen and oxygen atoms in total. The van der Waals surface area contributed by atoms with Crippen LogP contribution in [0, 0.1) is 12.8 Å². The van der Waals surface area contributed by atoms with E-state index in [4.69, 9.17) is 8.94 Å². The fourth-order valence-electron chi connectivity index (χ4n) is 4.32. The lowest BCUT2D eigenvalue weighted by atomic mass is 9.89. The average molecular weight is 476 g/mol. The molecule has 0 amide bonds. The first kappa shape index (κ1) is 20.6. The van der Waals surface area contributed by atoms with Gasteiger partial charge in [-0.3, -0.25) is 0 Å². The van der Waals surface area contributed by atoms with E-state index in [9.17, 15) is 0 Å². The van der Waals surface area contributed by atoms with Crippen LogP contribution in [0.25, 0.3) is 32.9 Å². The van der Waals surface area contributed by atoms with Gasteiger partial charge in [0.15, 0.2) is 0 Å². The summed E-state index contributed by atoms with van der Waals surface area (Å²) in [5.74, 6) is 2.86. The molecular formula is C24H21N5O2S2. The molecule has 1 aromatic carbocycles. The highest BCUT2D eigenvalue weighted by atomic mass is 32.2. The van der Waals surface area contributed by atoms with Gasteiger partial charge in [-0.15, -0.1) is 21.5 Å². The largest absolute Gasteiger partial charge is 0.420 e. The molecule has 4 heterocycles. The van der Waals surface area contributed by atoms with Crippen molar-refractivity contribution >= 4 is 33.3 Å². The molecule has 0 N–H and O–H groups in total. The Hall–Kier alpha value is -3.04. The fourth-order valence-corrected chi connectivity index (χ4v) is 6.59. The van der Waals surface area contributed by atoms with Crippen molar-refractivity contribution in [3.63, 3.8) is 0 Å². The van der Waals surface area contributed by atoms with E-state index in [1.807, 2.05) is 48.6 Å². The number of aryl methyl sites for hydroxylation is 2. The highest BCUT2D eigenvalue weighted by Crippen LogP contribution is 2.41. The monoisotopic (exact) mass is 475 g/mol. The molecule has 0 fully saturated rings. The molecule has 1 atom stereocenters. The molecule has 4 aromatic heterocycles. The van der Waals surface area contributed by atoms with Crippen molar-refractivity contribution in [3.05, 3.63) is 58.8 Å². The number of hydrogen-bond acceptors (Lipinski definition) is 9. The summed E-state index contributed by atoms with van der Waals surface area (Å²) in [5.41, 5.74) is 3.80. The van der Waals surface area contributed by atoms with Crippen LogP contribution in [0.1, 0.15) is 35.4 Å². The minimum Gasteiger partial charge on any atom is -0.420 e. The molecular weight excluding hydrogens is 454 g/mol. The van der Waals surface area contributed by atoms with Crippen molar-refractivity contribution in [2.24, 2.45) is 5.92 Å². The molecule has 6 rings (SSSR count). The van der Waals surface area contributed by atoms with Gasteiger partial charge in [0.05, 0.1) is 5.75 Å². The Labute approximate surface area is 198 Å². The number of benzene rings is 1. The Morgan fingerprint density at radius 1 is 1.15 bits per heavy atom. The summed E-state index contributed by atoms with van der Waals surface area (Å²) in [6.07, 6.45) is 5.10. The number of hydrogen-bond donors (Lipinski definition) is 0. The van der Waals surface area contributed by atoms with Gasteiger partial charge >= 0.3 is 0 Å². The first-order valence-corrected chi connectivity index (χ1v) is 12.7. The van der Waals surface area contributed by atoms with E-state index in [1.165, 1.54) is 22.2 Å². The number of thiophene rings is 1. The van der Waals surface area contributed by atoms with Crippen LogP contribution >= 0.6 is 23.1 Å². The summed E-state index contributed by atoms with van der Waals surface area (Å²) in [5, 5.41) is 15.0. The van der Waals surface area contributed by atoms with Crippen LogP contribution in [-0.4, -0.2) is 25.3 Å². The van der Waals surface area contributed by atoms with E-state index in [0.29, 0.717) is 29.0 Å². The van der Waals surface area contributed by atoms with E-state index in [0.717, 1.165) is 39.7 Å². The number of thioether (sulfide) groups is 1. The maximum Gasteiger partial charge on any atom is 0.253 e. The standard InChI is InChI=1S/C24H21N5O2S2/c1-13-8-9-16-17(10-13)33-24-20(16)23(25-12-26-24)32-11-18-27-28-22(30-18)19-14(2)31-29-21(19)15-6-4-3-5-7-15/h3-7,12-13H,8-11H2,1-2H3/t13-/m0/s1. The molecule has 1 aliphatic rings. The quantitative estimate of drug-likeness (QED) is 0.222. The average Bonchev–Trinajstić information content (AvgIpc) is 3.54. The lowest BCUT2D eigenvalue weighted by molar-refractivity contribution is 0.399. The molecule has 0 bridgehead atoms. The van der Waals surface area contributed by atoms with Gasteiger partial charge in [-0.25, -0.2) is 9.97 Å². The van der Waals surface area contributed by atoms with Crippen molar-refractivity contribution < 1.29 is 8.94 Å². The highest BCUT2D eigenvalue weighted by molar-refractivity contribution is 7.98. The van der Waals surface area contributed by atoms with Crippen LogP contribution in [0.5, 0.6) is 0 Å². The Morgan fingerprint density at radius 2 is 2.03 bits per heavy atom. The molecule has 0 radical (unpaired) electrons. The van der Waals surface area contributed by atoms with Crippen LogP contribution < -0.4 is 0 Å². The molecule has 0 saturated heterocycles. The summed E-state index contributed by atoms with van der Waals surface area (Å²) < 4.78 is 11.5. The van der Waals surface area contributed by atoms with Gasteiger partial charge in [-0.05, 0) is 37.7 Å². The van der Waals surface area contributed by atoms with Crippen molar-refractivity contribution in [1.82, 2.24) is 25.3 Å². The van der Waals surface area contributed by atoms with Crippen LogP contribution in [0.3, 0.4) is 0 Å². The van der Waals surface area contributed by atoms with Crippen molar-refractivity contribution in [3.8, 4) is 22.7 Å². The van der Waals surface area contributed by atoms with Crippen molar-refractivity contribution in [2.75, 3.05) is 0 Å². The summed E-state index contributed by atoms with van der Waals surface area (Å²) in [4.78, 5) is 11.7. The molecule has 33 heavy (non-hydrogen) atoms. The number of fused-ring (bicyclic) bond motifs is 3. The van der Waals surface area contributed by atoms with Crippen molar-refractivity contribution in [2.45, 2.75) is 43.9 Å². The summed E-state index contributed by atoms with van der Waals surface area (Å²) >= 11 is 3.43. The number of aromatic nitrogens is 5. The van der Waals surface area contributed by atoms with E-state index in [-0.39, 0.29) is 0 Å². The molecule has 0 aliphatic heterocycles. The maximum absolute atomic E-state index is 6.03. The van der Waals surface area contributed by atoms with Crippen LogP contribution in [-0.2, 0) is 18.6 Å². The third kappa shape index (κ3) is 3.75. The first-order chi connectivity index (χ1) is 16.2. The van der Waals surface area contributed by atoms with Crippen LogP contribution in [0.15, 0.2) is 50.6 Å². The Bertz CT molecular complexity index is 1440. The van der Waals surface area contributed by atoms with Gasteiger partial charge in [0.1, 0.15) is 33.2 Å². The van der Waals surface area contributed by atoms with Gasteiger partial charge in [0, 0.05) is 15.8 Å². The van der Waals surface area contributed by atoms with Crippen LogP contribution in [0.2, 0.25) is 0 Å². The van der Waals surface area contributed by atoms with Crippen molar-refractivity contribution in [1.29, 1.82) is 0 Å². The third-order valence-electron chi connectivity index (χ3n) is 5.98. The van der Waals surface area contributed by atoms with E-state index in [1.54, 1.807) is 18.1 Å². The van der Waals surface area contributed by atoms with Gasteiger partial charge in [-0.1, -0.05) is 54.2 Å². The number of rotatable bonds is 5. The van der Waals surface area contributed by atoms with Gasteiger partial charge in [-0.2, -0.15) is 0 Å². The highest BCUT2D eigenvalue weighted by Gasteiger charge is 2.24. The Balaban J connectivity index is 1.27. The lowest BCUT2D eigenvalue weighted by Crippen LogP contribution is -2.08. The first-order valence-electron chi connectivity index (χ1n) is 10.9. The minimum absolute atomic E-state index is 0.415. The van der Waals surface area contributed by atoms with E-state index < -0.39 is 0 Å². The smallest absolute Gasteiger partial charge is 0.253 e. The maximum atomic E-state index is 6.03. The molecule has 0 saturated carbocycles. The Kier molecular flexibility index (Phi) is 5.22. The van der Waals surface area contributed by atoms with Gasteiger partial charge in [0.2, 0.25) is 5.89 Å². The molecule has 9 heteroatoms. The molecule has 0 spiro atoms. The second-order valence-corrected chi connectivity index (χ2v) is 10.4. The second kappa shape index (κ2) is 8.39. The predicted molar refractivity (Wildman–Crippen MR) is 128 cm³/mol. The van der Waals surface area contributed by atoms with Gasteiger partial charge in [0.25, 0.3) is 5.89 Å². The predicted octanol–water partition coefficient (Wildman–Crippen LogP) is 6.12. The zero-order valence-corrected chi connectivity index (χ0v) is 19.9. The summed E-state index contributed by atoms with van der Waals surface area (Å²) in [6.45, 7) is 4.17. The normalized spacial score (nSPS) is 15.8. The van der Waals surface area contributed by atoms with E-state index in [2.05, 4.69) is 32.2 Å². The van der Waals surface area contributed by atoms with Gasteiger partial charge < -0.3 is 8.94 Å². The zero-order valence-electron chi connectivity index (χ0n) is 18.2. The fraction of sp³-hybridized carbons (Fsp3) is 0.292. The third-order valence-corrected chi connectivity index (χ3v) is 8.12. The zero-order chi connectivity index (χ0) is 22.4. The molecule has 166 valence electrons. The summed E-state index contributed by atoms with van der Waals surface area (Å²) in [7, 11) is 0. The molecule has 5 aromatic rings. The molecule has 1 aliphatic carbocycles.